The minimum atomic E-state index is -0.363. The van der Waals surface area contributed by atoms with E-state index in [1.807, 2.05) is 43.3 Å². The average molecular weight is 455 g/mol. The molecule has 0 radical (unpaired) electrons. The van der Waals surface area contributed by atoms with Gasteiger partial charge in [-0.2, -0.15) is 4.98 Å². The third-order valence-corrected chi connectivity index (χ3v) is 5.48. The summed E-state index contributed by atoms with van der Waals surface area (Å²) in [6, 6.07) is 16.2. The molecule has 0 fully saturated rings. The highest BCUT2D eigenvalue weighted by molar-refractivity contribution is 9.10. The Labute approximate surface area is 176 Å². The Kier molecular flexibility index (Phi) is 5.64. The van der Waals surface area contributed by atoms with Crippen molar-refractivity contribution in [2.45, 2.75) is 25.2 Å². The molecule has 1 aromatic heterocycles. The van der Waals surface area contributed by atoms with Crippen molar-refractivity contribution in [3.63, 3.8) is 0 Å². The van der Waals surface area contributed by atoms with Crippen LogP contribution in [0.2, 0.25) is 0 Å². The first kappa shape index (κ1) is 19.0. The van der Waals surface area contributed by atoms with Gasteiger partial charge in [0.25, 0.3) is 0 Å². The summed E-state index contributed by atoms with van der Waals surface area (Å²) in [5.74, 6) is 1.36. The van der Waals surface area contributed by atoms with Crippen molar-refractivity contribution in [3.05, 3.63) is 64.1 Å². The summed E-state index contributed by atoms with van der Waals surface area (Å²) < 4.78 is 7.24. The van der Waals surface area contributed by atoms with Gasteiger partial charge < -0.3 is 10.1 Å². The number of ether oxygens (including phenoxy) is 1. The van der Waals surface area contributed by atoms with Crippen LogP contribution in [0.25, 0.3) is 17.3 Å². The van der Waals surface area contributed by atoms with Crippen molar-refractivity contribution < 1.29 is 4.74 Å². The van der Waals surface area contributed by atoms with Crippen LogP contribution in [0.5, 0.6) is 5.88 Å². The first-order chi connectivity index (χ1) is 13.6. The number of rotatable bonds is 4. The number of fused-ring (bicyclic) bond motifs is 3. The van der Waals surface area contributed by atoms with Gasteiger partial charge in [-0.1, -0.05) is 71.0 Å². The fraction of sp³-hybridized carbons (Fsp3) is 0.190. The standard InChI is InChI=1S/C21H19BrN4OS/c1-3-28-21-24-20-18(25-26-21)16-12-15(22)9-10-17(16)23-19(27-20)13(2)11-14-7-5-4-6-8-14/h4-12,19,23H,3H2,1-2H3/b13-11+/t19-/m0/s1. The van der Waals surface area contributed by atoms with E-state index in [1.165, 1.54) is 0 Å². The van der Waals surface area contributed by atoms with E-state index >= 15 is 0 Å². The summed E-state index contributed by atoms with van der Waals surface area (Å²) in [6.45, 7) is 4.11. The molecule has 1 aliphatic rings. The number of thioether (sulfide) groups is 1. The molecule has 0 unspecified atom stereocenters. The second-order valence-corrected chi connectivity index (χ2v) is 8.46. The molecule has 1 aliphatic heterocycles. The lowest BCUT2D eigenvalue weighted by Crippen LogP contribution is -2.27. The Morgan fingerprint density at radius 1 is 1.21 bits per heavy atom. The molecule has 0 amide bonds. The lowest BCUT2D eigenvalue weighted by atomic mass is 10.1. The lowest BCUT2D eigenvalue weighted by molar-refractivity contribution is 0.255. The van der Waals surface area contributed by atoms with Crippen molar-refractivity contribution in [2.24, 2.45) is 0 Å². The number of nitrogens with zero attached hydrogens (tertiary/aromatic N) is 3. The van der Waals surface area contributed by atoms with Gasteiger partial charge in [0, 0.05) is 15.7 Å². The number of nitrogens with one attached hydrogen (secondary N) is 1. The van der Waals surface area contributed by atoms with E-state index in [2.05, 4.69) is 61.6 Å². The molecule has 28 heavy (non-hydrogen) atoms. The molecule has 142 valence electrons. The first-order valence-electron chi connectivity index (χ1n) is 8.98. The van der Waals surface area contributed by atoms with Gasteiger partial charge in [0.05, 0.1) is 0 Å². The fourth-order valence-electron chi connectivity index (χ4n) is 2.95. The maximum absolute atomic E-state index is 6.28. The highest BCUT2D eigenvalue weighted by Crippen LogP contribution is 2.38. The molecule has 0 saturated heterocycles. The van der Waals surface area contributed by atoms with E-state index in [4.69, 9.17) is 4.74 Å². The predicted octanol–water partition coefficient (Wildman–Crippen LogP) is 5.65. The fourth-order valence-corrected chi connectivity index (χ4v) is 3.82. The normalized spacial score (nSPS) is 15.7. The maximum atomic E-state index is 6.28. The molecular weight excluding hydrogens is 436 g/mol. The van der Waals surface area contributed by atoms with Gasteiger partial charge in [-0.3, -0.25) is 0 Å². The molecule has 3 aromatic rings. The van der Waals surface area contributed by atoms with Crippen LogP contribution < -0.4 is 10.1 Å². The van der Waals surface area contributed by atoms with Gasteiger partial charge >= 0.3 is 0 Å². The molecule has 4 rings (SSSR count). The third kappa shape index (κ3) is 4.05. The summed E-state index contributed by atoms with van der Waals surface area (Å²) in [7, 11) is 0. The quantitative estimate of drug-likeness (QED) is 0.514. The molecule has 0 spiro atoms. The minimum absolute atomic E-state index is 0.363. The van der Waals surface area contributed by atoms with Gasteiger partial charge in [-0.05, 0) is 42.0 Å². The van der Waals surface area contributed by atoms with Gasteiger partial charge in [0.2, 0.25) is 11.0 Å². The van der Waals surface area contributed by atoms with Crippen molar-refractivity contribution >= 4 is 39.5 Å². The monoisotopic (exact) mass is 454 g/mol. The average Bonchev–Trinajstić information content (AvgIpc) is 2.85. The third-order valence-electron chi connectivity index (χ3n) is 4.27. The van der Waals surface area contributed by atoms with E-state index in [1.54, 1.807) is 11.8 Å². The predicted molar refractivity (Wildman–Crippen MR) is 117 cm³/mol. The summed E-state index contributed by atoms with van der Waals surface area (Å²) in [4.78, 5) is 4.62. The lowest BCUT2D eigenvalue weighted by Gasteiger charge is -2.20. The Balaban J connectivity index is 1.79. The molecule has 0 saturated carbocycles. The van der Waals surface area contributed by atoms with Gasteiger partial charge in [-0.25, -0.2) is 0 Å². The Hall–Kier alpha value is -2.38. The minimum Gasteiger partial charge on any atom is -0.448 e. The van der Waals surface area contributed by atoms with E-state index in [9.17, 15) is 0 Å². The molecule has 0 bridgehead atoms. The van der Waals surface area contributed by atoms with Crippen molar-refractivity contribution in [1.82, 2.24) is 15.2 Å². The van der Waals surface area contributed by atoms with Crippen LogP contribution in [0.3, 0.4) is 0 Å². The van der Waals surface area contributed by atoms with Gasteiger partial charge in [0.1, 0.15) is 0 Å². The highest BCUT2D eigenvalue weighted by atomic mass is 79.9. The smallest absolute Gasteiger partial charge is 0.247 e. The highest BCUT2D eigenvalue weighted by Gasteiger charge is 2.26. The summed E-state index contributed by atoms with van der Waals surface area (Å²) >= 11 is 5.09. The van der Waals surface area contributed by atoms with Crippen LogP contribution in [-0.4, -0.2) is 27.2 Å². The number of aromatic nitrogens is 3. The summed E-state index contributed by atoms with van der Waals surface area (Å²) in [5, 5.41) is 12.8. The molecule has 0 aliphatic carbocycles. The largest absolute Gasteiger partial charge is 0.448 e. The Bertz CT molecular complexity index is 1030. The number of hydrogen-bond donors (Lipinski definition) is 1. The second-order valence-electron chi connectivity index (χ2n) is 6.31. The summed E-state index contributed by atoms with van der Waals surface area (Å²) in [5.41, 5.74) is 4.64. The van der Waals surface area contributed by atoms with Crippen LogP contribution in [0.4, 0.5) is 5.69 Å². The SMILES string of the molecule is CCSc1nnc2c(n1)O[C@@H](/C(C)=C/c1ccccc1)Nc1ccc(Br)cc1-2. The maximum Gasteiger partial charge on any atom is 0.247 e. The van der Waals surface area contributed by atoms with E-state index < -0.39 is 0 Å². The number of halogens is 1. The van der Waals surface area contributed by atoms with Gasteiger partial charge in [0.15, 0.2) is 11.9 Å². The molecule has 2 heterocycles. The van der Waals surface area contributed by atoms with Crippen LogP contribution in [0.1, 0.15) is 19.4 Å². The van der Waals surface area contributed by atoms with E-state index in [-0.39, 0.29) is 6.23 Å². The molecular formula is C21H19BrN4OS. The van der Waals surface area contributed by atoms with Crippen LogP contribution in [0.15, 0.2) is 63.7 Å². The van der Waals surface area contributed by atoms with Gasteiger partial charge in [-0.15, -0.1) is 10.2 Å². The van der Waals surface area contributed by atoms with E-state index in [0.29, 0.717) is 16.7 Å². The number of hydrogen-bond acceptors (Lipinski definition) is 6. The molecule has 5 nitrogen and oxygen atoms in total. The Morgan fingerprint density at radius 3 is 2.82 bits per heavy atom. The Morgan fingerprint density at radius 2 is 2.04 bits per heavy atom. The van der Waals surface area contributed by atoms with Crippen molar-refractivity contribution in [2.75, 3.05) is 11.1 Å². The van der Waals surface area contributed by atoms with Crippen molar-refractivity contribution in [3.8, 4) is 17.1 Å². The molecule has 1 N–H and O–H groups in total. The van der Waals surface area contributed by atoms with Crippen LogP contribution >= 0.6 is 27.7 Å². The number of benzene rings is 2. The zero-order chi connectivity index (χ0) is 19.5. The van der Waals surface area contributed by atoms with Crippen LogP contribution in [0, 0.1) is 0 Å². The van der Waals surface area contributed by atoms with Crippen LogP contribution in [-0.2, 0) is 0 Å². The summed E-state index contributed by atoms with van der Waals surface area (Å²) in [6.07, 6.45) is 1.75. The molecule has 2 aromatic carbocycles. The zero-order valence-electron chi connectivity index (χ0n) is 15.5. The van der Waals surface area contributed by atoms with E-state index in [0.717, 1.165) is 32.6 Å². The number of anilines is 1. The van der Waals surface area contributed by atoms with Crippen molar-refractivity contribution in [1.29, 1.82) is 0 Å². The second kappa shape index (κ2) is 8.32. The zero-order valence-corrected chi connectivity index (χ0v) is 17.9. The topological polar surface area (TPSA) is 59.9 Å². The molecule has 7 heteroatoms. The first-order valence-corrected chi connectivity index (χ1v) is 10.8. The molecule has 1 atom stereocenters.